The molecule has 1 aliphatic carbocycles. The smallest absolute Gasteiger partial charge is 0.335 e. The van der Waals surface area contributed by atoms with Crippen LogP contribution in [-0.4, -0.2) is 127 Å². The zero-order valence-electron chi connectivity index (χ0n) is 43.9. The molecule has 0 aromatic heterocycles. The van der Waals surface area contributed by atoms with Crippen LogP contribution in [0.2, 0.25) is 0 Å². The van der Waals surface area contributed by atoms with Gasteiger partial charge in [-0.25, -0.2) is 4.79 Å². The monoisotopic (exact) mass is 1060 g/mol. The van der Waals surface area contributed by atoms with E-state index in [0.717, 1.165) is 59.9 Å². The van der Waals surface area contributed by atoms with Crippen LogP contribution in [0.3, 0.4) is 0 Å². The number of aliphatic hydroxyl groups is 3. The molecule has 3 N–H and O–H groups in total. The molecule has 0 amide bonds. The van der Waals surface area contributed by atoms with E-state index in [4.69, 9.17) is 52.1 Å². The fourth-order valence-corrected chi connectivity index (χ4v) is 10.7. The molecule has 3 saturated heterocycles. The fraction of sp³-hybridized carbons (Fsp3) is 0.500. The van der Waals surface area contributed by atoms with Gasteiger partial charge in [0.25, 0.3) is 0 Å². The molecule has 9 rings (SSSR count). The maximum atomic E-state index is 14.0. The molecule has 1 saturated carbocycles. The molecule has 4 aliphatic rings. The summed E-state index contributed by atoms with van der Waals surface area (Å²) in [6, 6.07) is 48.8. The van der Waals surface area contributed by atoms with Gasteiger partial charge in [0.1, 0.15) is 61.5 Å². The van der Waals surface area contributed by atoms with E-state index in [0.29, 0.717) is 19.6 Å². The average Bonchev–Trinajstić information content (AvgIpc) is 3.51. The summed E-state index contributed by atoms with van der Waals surface area (Å²) in [6.45, 7) is 2.67. The van der Waals surface area contributed by atoms with Gasteiger partial charge in [-0.1, -0.05) is 184 Å². The third-order valence-corrected chi connectivity index (χ3v) is 14.9. The largest absolute Gasteiger partial charge is 0.459 e. The molecular formula is C62H76O15. The van der Waals surface area contributed by atoms with E-state index in [9.17, 15) is 20.1 Å². The molecule has 0 radical (unpaired) electrons. The Morgan fingerprint density at radius 1 is 0.545 bits per heavy atom. The predicted molar refractivity (Wildman–Crippen MR) is 283 cm³/mol. The van der Waals surface area contributed by atoms with Gasteiger partial charge >= 0.3 is 5.97 Å². The highest BCUT2D eigenvalue weighted by Gasteiger charge is 2.53. The number of rotatable bonds is 25. The second kappa shape index (κ2) is 29.3. The molecule has 5 aromatic carbocycles. The van der Waals surface area contributed by atoms with Crippen LogP contribution >= 0.6 is 0 Å². The van der Waals surface area contributed by atoms with Gasteiger partial charge in [-0.15, -0.1) is 0 Å². The van der Waals surface area contributed by atoms with Gasteiger partial charge in [-0.2, -0.15) is 0 Å². The standard InChI is InChI=1S/C62H76O15/c1-42-55(69-37-45-24-12-4-13-25-45)58(70-38-46-26-14-5-15-27-46)59(71-39-47-28-16-6-17-29-47)62(73-42)77-56-49(32-33-68-52(56)41-67-36-44-22-10-3-11-23-44)75-61-54(65)57(53(64)51(35-63)76-61)74-50(34-43-20-8-2-9-21-43)60(66)72-40-48-30-18-7-19-31-48/h3-7,10-19,22-31,42-43,49-59,61-65H,2,8-9,20-21,32-41H2,1H3/t42-,49+,50-,51+,52+,53-,54+,55+,56-,57-,58+,59-,61+,62-/m0/s1. The number of ether oxygens (including phenoxy) is 11. The van der Waals surface area contributed by atoms with Gasteiger partial charge in [0.2, 0.25) is 0 Å². The first-order chi connectivity index (χ1) is 37.8. The fourth-order valence-electron chi connectivity index (χ4n) is 10.7. The molecule has 5 aromatic rings. The maximum Gasteiger partial charge on any atom is 0.335 e. The van der Waals surface area contributed by atoms with Gasteiger partial charge in [-0.05, 0) is 53.5 Å². The van der Waals surface area contributed by atoms with E-state index in [2.05, 4.69) is 0 Å². The number of esters is 1. The van der Waals surface area contributed by atoms with Crippen molar-refractivity contribution in [2.45, 2.75) is 171 Å². The third-order valence-electron chi connectivity index (χ3n) is 14.9. The first-order valence-electron chi connectivity index (χ1n) is 27.4. The summed E-state index contributed by atoms with van der Waals surface area (Å²) < 4.78 is 72.8. The lowest BCUT2D eigenvalue weighted by Crippen LogP contribution is -2.64. The Kier molecular flexibility index (Phi) is 21.6. The van der Waals surface area contributed by atoms with Crippen molar-refractivity contribution < 1.29 is 72.2 Å². The lowest BCUT2D eigenvalue weighted by Gasteiger charge is -2.49. The molecule has 3 heterocycles. The van der Waals surface area contributed by atoms with Crippen molar-refractivity contribution in [2.24, 2.45) is 5.92 Å². The van der Waals surface area contributed by atoms with Crippen molar-refractivity contribution >= 4 is 5.97 Å². The van der Waals surface area contributed by atoms with E-state index >= 15 is 0 Å². The summed E-state index contributed by atoms with van der Waals surface area (Å²) >= 11 is 0. The minimum absolute atomic E-state index is 0.0262. The van der Waals surface area contributed by atoms with Crippen LogP contribution in [0.5, 0.6) is 0 Å². The van der Waals surface area contributed by atoms with E-state index in [1.54, 1.807) is 0 Å². The zero-order valence-corrected chi connectivity index (χ0v) is 43.9. The van der Waals surface area contributed by atoms with Crippen LogP contribution in [-0.2, 0) is 89.9 Å². The Balaban J connectivity index is 0.998. The van der Waals surface area contributed by atoms with Gasteiger partial charge in [0.05, 0.1) is 51.8 Å². The van der Waals surface area contributed by atoms with Crippen LogP contribution in [0.1, 0.15) is 79.7 Å². The van der Waals surface area contributed by atoms with Crippen molar-refractivity contribution in [3.63, 3.8) is 0 Å². The highest BCUT2D eigenvalue weighted by molar-refractivity contribution is 5.74. The molecule has 77 heavy (non-hydrogen) atoms. The lowest BCUT2D eigenvalue weighted by molar-refractivity contribution is -0.364. The molecule has 0 spiro atoms. The molecule has 414 valence electrons. The van der Waals surface area contributed by atoms with Crippen LogP contribution in [0.4, 0.5) is 0 Å². The van der Waals surface area contributed by atoms with Crippen LogP contribution in [0.15, 0.2) is 152 Å². The predicted octanol–water partition coefficient (Wildman–Crippen LogP) is 8.17. The minimum Gasteiger partial charge on any atom is -0.459 e. The molecular weight excluding hydrogens is 985 g/mol. The first-order valence-corrected chi connectivity index (χ1v) is 27.4. The third kappa shape index (κ3) is 16.1. The minimum atomic E-state index is -1.63. The van der Waals surface area contributed by atoms with Gasteiger partial charge in [-0.3, -0.25) is 0 Å². The van der Waals surface area contributed by atoms with Crippen molar-refractivity contribution in [3.8, 4) is 0 Å². The highest BCUT2D eigenvalue weighted by Crippen LogP contribution is 2.37. The number of benzene rings is 5. The van der Waals surface area contributed by atoms with Gasteiger partial charge in [0, 0.05) is 6.61 Å². The Hall–Kier alpha value is -4.95. The van der Waals surface area contributed by atoms with Crippen LogP contribution < -0.4 is 0 Å². The Morgan fingerprint density at radius 3 is 1.62 bits per heavy atom. The van der Waals surface area contributed by atoms with E-state index < -0.39 is 98.4 Å². The number of carbonyl (C=O) groups is 1. The van der Waals surface area contributed by atoms with Crippen molar-refractivity contribution in [1.82, 2.24) is 0 Å². The summed E-state index contributed by atoms with van der Waals surface area (Å²) in [5.74, 6) is -0.433. The zero-order chi connectivity index (χ0) is 53.2. The molecule has 0 bridgehead atoms. The first kappa shape index (κ1) is 56.8. The number of aliphatic hydroxyl groups excluding tert-OH is 3. The molecule has 4 fully saturated rings. The Bertz CT molecular complexity index is 2430. The second-order valence-electron chi connectivity index (χ2n) is 20.6. The quantitative estimate of drug-likeness (QED) is 0.0477. The summed E-state index contributed by atoms with van der Waals surface area (Å²) in [5, 5.41) is 34.7. The number of hydrogen-bond donors (Lipinski definition) is 3. The summed E-state index contributed by atoms with van der Waals surface area (Å²) in [6.07, 6.45) is -9.23. The van der Waals surface area contributed by atoms with Crippen molar-refractivity contribution in [1.29, 1.82) is 0 Å². The summed E-state index contributed by atoms with van der Waals surface area (Å²) in [4.78, 5) is 14.0. The van der Waals surface area contributed by atoms with Gasteiger partial charge in [0.15, 0.2) is 18.7 Å². The summed E-state index contributed by atoms with van der Waals surface area (Å²) in [5.41, 5.74) is 4.65. The topological polar surface area (TPSA) is 179 Å². The second-order valence-corrected chi connectivity index (χ2v) is 20.6. The van der Waals surface area contributed by atoms with Crippen molar-refractivity contribution in [2.75, 3.05) is 19.8 Å². The van der Waals surface area contributed by atoms with Crippen LogP contribution in [0.25, 0.3) is 0 Å². The molecule has 3 aliphatic heterocycles. The van der Waals surface area contributed by atoms with Crippen LogP contribution in [0, 0.1) is 5.92 Å². The molecule has 15 nitrogen and oxygen atoms in total. The summed E-state index contributed by atoms with van der Waals surface area (Å²) in [7, 11) is 0. The van der Waals surface area contributed by atoms with E-state index in [-0.39, 0.29) is 45.4 Å². The Labute approximate surface area is 452 Å². The maximum absolute atomic E-state index is 14.0. The van der Waals surface area contributed by atoms with E-state index in [1.165, 1.54) is 0 Å². The number of carbonyl (C=O) groups excluding carboxylic acids is 1. The van der Waals surface area contributed by atoms with Crippen molar-refractivity contribution in [3.05, 3.63) is 179 Å². The normalized spacial score (nSPS) is 29.4. The Morgan fingerprint density at radius 2 is 1.06 bits per heavy atom. The van der Waals surface area contributed by atoms with Gasteiger partial charge < -0.3 is 67.4 Å². The SMILES string of the molecule is C[C@@H]1O[C@@H](O[C@@H]2[C@@H](COCc3ccccc3)OCC[C@H]2O[C@@H]2O[C@H](CO)[C@H](O)[C@H](O[C@@H](CC3CCCCC3)C(=O)OCc3ccccc3)[C@H]2O)[C@@H](OCc2ccccc2)[C@H](OCc2ccccc2)[C@@H]1OCc1ccccc1. The molecule has 0 unspecified atom stereocenters. The lowest BCUT2D eigenvalue weighted by atomic mass is 9.85. The highest BCUT2D eigenvalue weighted by atomic mass is 16.8. The number of hydrogen-bond acceptors (Lipinski definition) is 15. The molecule has 14 atom stereocenters. The van der Waals surface area contributed by atoms with E-state index in [1.807, 2.05) is 159 Å². The average molecular weight is 1060 g/mol. The molecule has 15 heteroatoms.